The molecular weight excluding hydrogens is 467 g/mol. The maximum absolute atomic E-state index is 13.9. The summed E-state index contributed by atoms with van der Waals surface area (Å²) in [5.41, 5.74) is 3.31. The number of imidazole rings is 1. The molecule has 0 bridgehead atoms. The number of carbonyl (C=O) groups excluding carboxylic acids is 1. The third-order valence-corrected chi connectivity index (χ3v) is 6.47. The Hall–Kier alpha value is -3.69. The first-order valence-electron chi connectivity index (χ1n) is 11.8. The number of anilines is 1. The number of hydrogen-bond donors (Lipinski definition) is 2. The van der Waals surface area contributed by atoms with Gasteiger partial charge in [-0.3, -0.25) is 14.1 Å². The quantitative estimate of drug-likeness (QED) is 0.412. The number of aromatic nitrogens is 2. The van der Waals surface area contributed by atoms with E-state index in [0.717, 1.165) is 41.6 Å². The van der Waals surface area contributed by atoms with Crippen molar-refractivity contribution in [2.45, 2.75) is 19.6 Å². The summed E-state index contributed by atoms with van der Waals surface area (Å²) < 4.78 is 43.5. The minimum atomic E-state index is -4.52. The van der Waals surface area contributed by atoms with Gasteiger partial charge in [-0.05, 0) is 54.4 Å². The number of carbonyl (C=O) groups is 1. The van der Waals surface area contributed by atoms with E-state index < -0.39 is 17.6 Å². The summed E-state index contributed by atoms with van der Waals surface area (Å²) in [5.74, 6) is -0.479. The van der Waals surface area contributed by atoms with Gasteiger partial charge in [-0.15, -0.1) is 0 Å². The molecule has 0 radical (unpaired) electrons. The van der Waals surface area contributed by atoms with Gasteiger partial charge < -0.3 is 10.6 Å². The molecule has 6 nitrogen and oxygen atoms in total. The molecule has 1 aliphatic heterocycles. The van der Waals surface area contributed by atoms with Crippen molar-refractivity contribution < 1.29 is 18.0 Å². The Labute approximate surface area is 206 Å². The van der Waals surface area contributed by atoms with Gasteiger partial charge in [-0.2, -0.15) is 13.2 Å². The number of piperazine rings is 1. The minimum absolute atomic E-state index is 0.105. The Kier molecular flexibility index (Phi) is 6.51. The van der Waals surface area contributed by atoms with Crippen LogP contribution >= 0.6 is 0 Å². The Balaban J connectivity index is 1.41. The Morgan fingerprint density at radius 1 is 1.08 bits per heavy atom. The minimum Gasteiger partial charge on any atom is -0.322 e. The van der Waals surface area contributed by atoms with E-state index in [-0.39, 0.29) is 17.8 Å². The molecule has 3 heterocycles. The maximum Gasteiger partial charge on any atom is 0.416 e. The van der Waals surface area contributed by atoms with E-state index in [2.05, 4.69) is 15.6 Å². The molecule has 5 rings (SSSR count). The number of hydrogen-bond acceptors (Lipinski definition) is 4. The lowest BCUT2D eigenvalue weighted by Crippen LogP contribution is -2.43. The van der Waals surface area contributed by atoms with Crippen molar-refractivity contribution in [2.24, 2.45) is 0 Å². The Morgan fingerprint density at radius 3 is 2.67 bits per heavy atom. The first-order chi connectivity index (χ1) is 17.3. The van der Waals surface area contributed by atoms with Crippen LogP contribution in [0.5, 0.6) is 0 Å². The molecule has 4 aromatic rings. The van der Waals surface area contributed by atoms with Gasteiger partial charge in [0.1, 0.15) is 5.65 Å². The second kappa shape index (κ2) is 9.75. The molecule has 1 fully saturated rings. The third kappa shape index (κ3) is 4.98. The van der Waals surface area contributed by atoms with Gasteiger partial charge in [-0.1, -0.05) is 18.2 Å². The number of rotatable bonds is 5. The summed E-state index contributed by atoms with van der Waals surface area (Å²) >= 11 is 0. The lowest BCUT2D eigenvalue weighted by molar-refractivity contribution is -0.138. The molecule has 2 aromatic carbocycles. The molecule has 0 spiro atoms. The summed E-state index contributed by atoms with van der Waals surface area (Å²) in [6, 6.07) is 14.9. The largest absolute Gasteiger partial charge is 0.416 e. The molecule has 9 heteroatoms. The lowest BCUT2D eigenvalue weighted by atomic mass is 10.0. The summed E-state index contributed by atoms with van der Waals surface area (Å²) in [4.78, 5) is 19.4. The maximum atomic E-state index is 13.9. The van der Waals surface area contributed by atoms with Crippen LogP contribution in [0.4, 0.5) is 18.9 Å². The van der Waals surface area contributed by atoms with Crippen LogP contribution in [0.25, 0.3) is 16.9 Å². The lowest BCUT2D eigenvalue weighted by Gasteiger charge is -2.28. The first-order valence-corrected chi connectivity index (χ1v) is 11.8. The van der Waals surface area contributed by atoms with Crippen LogP contribution in [0, 0.1) is 6.92 Å². The Bertz CT molecular complexity index is 1410. The molecule has 1 saturated heterocycles. The average molecular weight is 494 g/mol. The van der Waals surface area contributed by atoms with Crippen molar-refractivity contribution in [3.05, 3.63) is 89.2 Å². The van der Waals surface area contributed by atoms with Crippen LogP contribution in [0.1, 0.15) is 27.0 Å². The van der Waals surface area contributed by atoms with Crippen molar-refractivity contribution in [3.8, 4) is 11.3 Å². The number of nitrogens with zero attached hydrogens (tertiary/aromatic N) is 3. The zero-order valence-electron chi connectivity index (χ0n) is 19.8. The summed E-state index contributed by atoms with van der Waals surface area (Å²) in [7, 11) is 0. The van der Waals surface area contributed by atoms with Gasteiger partial charge in [0.15, 0.2) is 0 Å². The molecule has 36 heavy (non-hydrogen) atoms. The van der Waals surface area contributed by atoms with Crippen LogP contribution in [0.3, 0.4) is 0 Å². The fourth-order valence-corrected chi connectivity index (χ4v) is 4.54. The van der Waals surface area contributed by atoms with Gasteiger partial charge in [0.2, 0.25) is 0 Å². The number of halogens is 3. The van der Waals surface area contributed by atoms with Gasteiger partial charge in [-0.25, -0.2) is 4.98 Å². The number of pyridine rings is 1. The fourth-order valence-electron chi connectivity index (χ4n) is 4.54. The second-order valence-electron chi connectivity index (χ2n) is 8.95. The molecule has 0 aliphatic carbocycles. The highest BCUT2D eigenvalue weighted by Gasteiger charge is 2.34. The molecule has 0 atom stereocenters. The molecule has 1 aliphatic rings. The predicted molar refractivity (Wildman–Crippen MR) is 133 cm³/mol. The monoisotopic (exact) mass is 493 g/mol. The highest BCUT2D eigenvalue weighted by atomic mass is 19.4. The smallest absolute Gasteiger partial charge is 0.322 e. The first kappa shape index (κ1) is 24.0. The number of nitrogens with one attached hydrogen (secondary N) is 2. The fraction of sp³-hybridized carbons (Fsp3) is 0.259. The van der Waals surface area contributed by atoms with Gasteiger partial charge >= 0.3 is 6.18 Å². The van der Waals surface area contributed by atoms with Crippen molar-refractivity contribution >= 4 is 17.2 Å². The highest BCUT2D eigenvalue weighted by Crippen LogP contribution is 2.35. The zero-order chi connectivity index (χ0) is 25.3. The van der Waals surface area contributed by atoms with Crippen LogP contribution in [0.15, 0.2) is 67.0 Å². The molecule has 2 aromatic heterocycles. The highest BCUT2D eigenvalue weighted by molar-refractivity contribution is 6.05. The van der Waals surface area contributed by atoms with Crippen LogP contribution in [0.2, 0.25) is 0 Å². The van der Waals surface area contributed by atoms with Crippen molar-refractivity contribution in [3.63, 3.8) is 0 Å². The van der Waals surface area contributed by atoms with Gasteiger partial charge in [0.05, 0.1) is 17.5 Å². The van der Waals surface area contributed by atoms with Crippen LogP contribution in [-0.4, -0.2) is 46.4 Å². The SMILES string of the molecule is Cc1ccc(C(=O)Nc2ccc(CN3CCNCC3)c(C(F)(F)F)c2)cc1-c1cnc2ccccn12. The van der Waals surface area contributed by atoms with E-state index in [9.17, 15) is 18.0 Å². The Morgan fingerprint density at radius 2 is 1.89 bits per heavy atom. The van der Waals surface area contributed by atoms with Crippen molar-refractivity contribution in [1.82, 2.24) is 19.6 Å². The molecule has 0 saturated carbocycles. The molecule has 0 unspecified atom stereocenters. The topological polar surface area (TPSA) is 61.7 Å². The van der Waals surface area contributed by atoms with Crippen molar-refractivity contribution in [2.75, 3.05) is 31.5 Å². The molecule has 186 valence electrons. The van der Waals surface area contributed by atoms with E-state index in [1.54, 1.807) is 18.3 Å². The zero-order valence-corrected chi connectivity index (χ0v) is 19.8. The van der Waals surface area contributed by atoms with E-state index in [0.29, 0.717) is 18.7 Å². The van der Waals surface area contributed by atoms with Crippen LogP contribution < -0.4 is 10.6 Å². The summed E-state index contributed by atoms with van der Waals surface area (Å²) in [6.07, 6.45) is -0.888. The average Bonchev–Trinajstić information content (AvgIpc) is 3.29. The summed E-state index contributed by atoms with van der Waals surface area (Å²) in [5, 5.41) is 5.85. The van der Waals surface area contributed by atoms with E-state index in [4.69, 9.17) is 0 Å². The standard InChI is InChI=1S/C27H26F3N5O/c1-18-5-6-19(14-22(18)24-16-32-25-4-2-3-11-35(24)25)26(36)33-21-8-7-20(23(15-21)27(28,29)30)17-34-12-9-31-10-13-34/h2-8,11,14-16,31H,9-10,12-13,17H2,1H3,(H,33,36). The normalized spacial score (nSPS) is 14.8. The number of amides is 1. The van der Waals surface area contributed by atoms with Crippen molar-refractivity contribution in [1.29, 1.82) is 0 Å². The number of benzene rings is 2. The summed E-state index contributed by atoms with van der Waals surface area (Å²) in [6.45, 7) is 5.04. The molecule has 2 N–H and O–H groups in total. The van der Waals surface area contributed by atoms with E-state index >= 15 is 0 Å². The predicted octanol–water partition coefficient (Wildman–Crippen LogP) is 4.99. The van der Waals surface area contributed by atoms with Gasteiger partial charge in [0.25, 0.3) is 5.91 Å². The van der Waals surface area contributed by atoms with Gasteiger partial charge in [0, 0.05) is 55.7 Å². The third-order valence-electron chi connectivity index (χ3n) is 6.47. The number of aryl methyl sites for hydroxylation is 1. The number of alkyl halides is 3. The molecule has 1 amide bonds. The van der Waals surface area contributed by atoms with E-state index in [1.807, 2.05) is 46.7 Å². The number of fused-ring (bicyclic) bond motifs is 1. The van der Waals surface area contributed by atoms with E-state index in [1.165, 1.54) is 12.1 Å². The van der Waals surface area contributed by atoms with Crippen LogP contribution in [-0.2, 0) is 12.7 Å². The second-order valence-corrected chi connectivity index (χ2v) is 8.95. The molecular formula is C27H26F3N5O.